The second-order valence-electron chi connectivity index (χ2n) is 12.2. The standard InChI is InChI=1S/C21H13.C17H18.C5H5.2ClH.Zr/c1-2-8-15-14(7-1)13-20-18-11-4-3-9-16(18)17-10-5-6-12-19(17)21(15)20;1-4-10-16(11-5-1)14-8-3-9-15-17-12-6-2-7-13-17;1-2-4-5-3-1;;;/h1-13H;1-2,4-7,10-13H,8-9,14-15H2;1-3H,4H2;2*1H;/q;;;;;+2/p-2. The van der Waals surface area contributed by atoms with E-state index in [1.807, 2.05) is 3.21 Å². The van der Waals surface area contributed by atoms with Crippen molar-refractivity contribution < 1.29 is 46.1 Å². The molecule has 6 aromatic carbocycles. The number of halogens is 2. The third-order valence-corrected chi connectivity index (χ3v) is 18.3. The molecule has 0 heterocycles. The average Bonchev–Trinajstić information content (AvgIpc) is 3.75. The van der Waals surface area contributed by atoms with Gasteiger partial charge in [0.05, 0.1) is 0 Å². The number of allylic oxidation sites excluding steroid dienone is 4. The van der Waals surface area contributed by atoms with Crippen LogP contribution in [0.2, 0.25) is 0 Å². The zero-order valence-electron chi connectivity index (χ0n) is 25.8. The Morgan fingerprint density at radius 3 is 1.70 bits per heavy atom. The van der Waals surface area contributed by atoms with Gasteiger partial charge in [-0.1, -0.05) is 0 Å². The SMILES string of the molecule is C1=CC[C]([Zr+2](=[C](CCc2ccccc2)CCc2ccccc2)[CH]2c3ccccc3-c3c2c2ccccc2c2ccccc32)=C1.[Cl-].[Cl-]. The number of benzene rings is 6. The van der Waals surface area contributed by atoms with Gasteiger partial charge in [-0.25, -0.2) is 0 Å². The van der Waals surface area contributed by atoms with E-state index in [1.165, 1.54) is 56.6 Å². The van der Waals surface area contributed by atoms with E-state index in [1.54, 1.807) is 14.4 Å². The van der Waals surface area contributed by atoms with Gasteiger partial charge in [0.2, 0.25) is 0 Å². The fraction of sp³-hybridized carbons (Fsp3) is 0.140. The van der Waals surface area contributed by atoms with Crippen molar-refractivity contribution in [2.45, 2.75) is 35.7 Å². The summed E-state index contributed by atoms with van der Waals surface area (Å²) < 4.78 is 4.11. The first-order valence-electron chi connectivity index (χ1n) is 16.1. The van der Waals surface area contributed by atoms with Crippen LogP contribution in [-0.2, 0) is 34.1 Å². The van der Waals surface area contributed by atoms with Crippen LogP contribution in [0.15, 0.2) is 155 Å². The second kappa shape index (κ2) is 14.6. The number of rotatable bonds is 8. The minimum Gasteiger partial charge on any atom is -1.00 e. The molecule has 0 saturated carbocycles. The van der Waals surface area contributed by atoms with Crippen molar-refractivity contribution in [3.8, 4) is 11.1 Å². The largest absolute Gasteiger partial charge is 1.00 e. The van der Waals surface area contributed by atoms with Crippen molar-refractivity contribution in [2.24, 2.45) is 0 Å². The summed E-state index contributed by atoms with van der Waals surface area (Å²) in [6, 6.07) is 50.1. The predicted molar refractivity (Wildman–Crippen MR) is 185 cm³/mol. The smallest absolute Gasteiger partial charge is 1.00 e. The van der Waals surface area contributed by atoms with Crippen LogP contribution in [0.4, 0.5) is 0 Å². The van der Waals surface area contributed by atoms with Crippen LogP contribution in [0.3, 0.4) is 0 Å². The third-order valence-electron chi connectivity index (χ3n) is 9.71. The van der Waals surface area contributed by atoms with Crippen LogP contribution in [0.5, 0.6) is 0 Å². The zero-order chi connectivity index (χ0) is 29.3. The Morgan fingerprint density at radius 2 is 1.09 bits per heavy atom. The van der Waals surface area contributed by atoms with E-state index < -0.39 is 21.3 Å². The molecule has 1 atom stereocenters. The first-order valence-corrected chi connectivity index (χ1v) is 19.9. The number of hydrogen-bond acceptors (Lipinski definition) is 0. The van der Waals surface area contributed by atoms with Gasteiger partial charge in [-0.3, -0.25) is 0 Å². The maximum Gasteiger partial charge on any atom is -1.00 e. The number of hydrogen-bond donors (Lipinski definition) is 0. The molecule has 226 valence electrons. The van der Waals surface area contributed by atoms with E-state index in [-0.39, 0.29) is 24.8 Å². The third kappa shape index (κ3) is 6.07. The summed E-state index contributed by atoms with van der Waals surface area (Å²) in [6.07, 6.45) is 13.0. The second-order valence-corrected chi connectivity index (χ2v) is 19.0. The summed E-state index contributed by atoms with van der Waals surface area (Å²) >= 11 is -2.52. The van der Waals surface area contributed by atoms with Gasteiger partial charge in [-0.05, 0) is 0 Å². The van der Waals surface area contributed by atoms with Gasteiger partial charge < -0.3 is 24.8 Å². The van der Waals surface area contributed by atoms with E-state index in [9.17, 15) is 0 Å². The van der Waals surface area contributed by atoms with Crippen molar-refractivity contribution in [3.05, 3.63) is 177 Å². The quantitative estimate of drug-likeness (QED) is 0.196. The molecule has 1 unspecified atom stereocenters. The van der Waals surface area contributed by atoms with E-state index in [0.717, 1.165) is 19.3 Å². The zero-order valence-corrected chi connectivity index (χ0v) is 29.8. The Kier molecular flexibility index (Phi) is 10.3. The van der Waals surface area contributed by atoms with Crippen LogP contribution in [-0.4, -0.2) is 3.21 Å². The Labute approximate surface area is 292 Å². The first-order chi connectivity index (χ1) is 21.9. The molecule has 46 heavy (non-hydrogen) atoms. The molecular formula is C43H36Cl2Zr. The van der Waals surface area contributed by atoms with E-state index >= 15 is 0 Å². The molecule has 0 aromatic heterocycles. The Bertz CT molecular complexity index is 2050. The minimum absolute atomic E-state index is 0. The monoisotopic (exact) mass is 712 g/mol. The van der Waals surface area contributed by atoms with Gasteiger partial charge in [-0.2, -0.15) is 0 Å². The fourth-order valence-electron chi connectivity index (χ4n) is 7.73. The van der Waals surface area contributed by atoms with Crippen molar-refractivity contribution in [1.82, 2.24) is 0 Å². The van der Waals surface area contributed by atoms with Crippen LogP contribution in [0.25, 0.3) is 32.7 Å². The molecule has 0 spiro atoms. The molecule has 2 aliphatic carbocycles. The Hall–Kier alpha value is -3.35. The summed E-state index contributed by atoms with van der Waals surface area (Å²) in [6.45, 7) is 0. The molecule has 0 bridgehead atoms. The molecule has 0 saturated heterocycles. The topological polar surface area (TPSA) is 0 Å². The van der Waals surface area contributed by atoms with Gasteiger partial charge in [0, 0.05) is 0 Å². The van der Waals surface area contributed by atoms with E-state index in [0.29, 0.717) is 3.63 Å². The van der Waals surface area contributed by atoms with E-state index in [2.05, 4.69) is 152 Å². The summed E-state index contributed by atoms with van der Waals surface area (Å²) in [7, 11) is 0. The molecule has 0 amide bonds. The summed E-state index contributed by atoms with van der Waals surface area (Å²) in [5.74, 6) is 0. The van der Waals surface area contributed by atoms with Crippen molar-refractivity contribution >= 4 is 24.8 Å². The summed E-state index contributed by atoms with van der Waals surface area (Å²) in [5, 5.41) is 5.64. The maximum absolute atomic E-state index is 2.52. The van der Waals surface area contributed by atoms with E-state index in [4.69, 9.17) is 0 Å². The number of fused-ring (bicyclic) bond motifs is 8. The van der Waals surface area contributed by atoms with Gasteiger partial charge in [0.1, 0.15) is 0 Å². The summed E-state index contributed by atoms with van der Waals surface area (Å²) in [5.41, 5.74) is 9.05. The predicted octanol–water partition coefficient (Wildman–Crippen LogP) is 4.97. The molecule has 0 nitrogen and oxygen atoms in total. The van der Waals surface area contributed by atoms with Gasteiger partial charge in [0.25, 0.3) is 0 Å². The molecule has 0 fully saturated rings. The fourth-order valence-corrected chi connectivity index (χ4v) is 17.0. The molecule has 0 aliphatic heterocycles. The van der Waals surface area contributed by atoms with Crippen LogP contribution < -0.4 is 24.8 Å². The molecule has 3 heteroatoms. The van der Waals surface area contributed by atoms with Crippen molar-refractivity contribution in [1.29, 1.82) is 0 Å². The summed E-state index contributed by atoms with van der Waals surface area (Å²) in [4.78, 5) is 0. The van der Waals surface area contributed by atoms with Gasteiger partial charge in [0.15, 0.2) is 0 Å². The Morgan fingerprint density at radius 1 is 0.565 bits per heavy atom. The molecule has 0 N–H and O–H groups in total. The molecular weight excluding hydrogens is 679 g/mol. The maximum atomic E-state index is 2.52. The normalized spacial score (nSPS) is 14.1. The first kappa shape index (κ1) is 32.6. The van der Waals surface area contributed by atoms with Crippen LogP contribution in [0, 0.1) is 0 Å². The van der Waals surface area contributed by atoms with Gasteiger partial charge in [-0.15, -0.1) is 0 Å². The van der Waals surface area contributed by atoms with Gasteiger partial charge >= 0.3 is 270 Å². The molecule has 8 rings (SSSR count). The molecule has 2 aliphatic rings. The molecule has 6 aromatic rings. The van der Waals surface area contributed by atoms with Crippen molar-refractivity contribution in [2.75, 3.05) is 0 Å². The average molecular weight is 715 g/mol. The Balaban J connectivity index is 0.00000186. The van der Waals surface area contributed by atoms with Crippen molar-refractivity contribution in [3.63, 3.8) is 0 Å². The number of aryl methyl sites for hydroxylation is 2. The van der Waals surface area contributed by atoms with Crippen LogP contribution >= 0.6 is 0 Å². The van der Waals surface area contributed by atoms with Crippen LogP contribution in [0.1, 0.15) is 45.1 Å². The minimum atomic E-state index is -2.52. The molecule has 0 radical (unpaired) electrons.